The van der Waals surface area contributed by atoms with Gasteiger partial charge in [-0.1, -0.05) is 59.7 Å². The van der Waals surface area contributed by atoms with E-state index in [1.54, 1.807) is 48.5 Å². The highest BCUT2D eigenvalue weighted by Crippen LogP contribution is 2.33. The van der Waals surface area contributed by atoms with E-state index in [1.165, 1.54) is 0 Å². The van der Waals surface area contributed by atoms with Crippen molar-refractivity contribution < 1.29 is 14.6 Å². The lowest BCUT2D eigenvalue weighted by atomic mass is 9.86. The number of likely N-dealkylation sites (tertiary alicyclic amines) is 1. The summed E-state index contributed by atoms with van der Waals surface area (Å²) in [7, 11) is 2.03. The lowest BCUT2D eigenvalue weighted by Gasteiger charge is -2.33. The second-order valence-electron chi connectivity index (χ2n) is 6.72. The van der Waals surface area contributed by atoms with Gasteiger partial charge < -0.3 is 14.7 Å². The van der Waals surface area contributed by atoms with Gasteiger partial charge in [0.05, 0.1) is 0 Å². The van der Waals surface area contributed by atoms with E-state index in [-0.39, 0.29) is 6.10 Å². The average molecular weight is 366 g/mol. The normalized spacial score (nSPS) is 17.6. The number of carbonyl (C=O) groups is 1. The summed E-state index contributed by atoms with van der Waals surface area (Å²) in [6, 6.07) is 15.0. The topological polar surface area (TPSA) is 98.5 Å². The van der Waals surface area contributed by atoms with Gasteiger partial charge in [-0.25, -0.2) is 4.79 Å². The molecule has 0 radical (unpaired) electrons. The number of aliphatic hydroxyl groups is 1. The number of piperidine rings is 1. The Bertz CT molecular complexity index is 826. The molecule has 1 saturated heterocycles. The minimum atomic E-state index is -1.93. The molecule has 1 atom stereocenters. The number of nitrogens with zero attached hydrogens (tertiary/aromatic N) is 4. The van der Waals surface area contributed by atoms with E-state index in [1.807, 2.05) is 13.1 Å². The van der Waals surface area contributed by atoms with Crippen LogP contribution in [0.4, 0.5) is 5.69 Å². The molecule has 2 aromatic rings. The van der Waals surface area contributed by atoms with Gasteiger partial charge in [0.25, 0.3) is 0 Å². The highest BCUT2D eigenvalue weighted by Gasteiger charge is 2.42. The molecule has 1 aliphatic rings. The fourth-order valence-corrected chi connectivity index (χ4v) is 3.24. The highest BCUT2D eigenvalue weighted by atomic mass is 16.6. The summed E-state index contributed by atoms with van der Waals surface area (Å²) in [5.41, 5.74) is 7.81. The lowest BCUT2D eigenvalue weighted by Crippen LogP contribution is -2.43. The van der Waals surface area contributed by atoms with Crippen LogP contribution in [0.25, 0.3) is 10.4 Å². The van der Waals surface area contributed by atoms with Gasteiger partial charge in [0.2, 0.25) is 5.60 Å². The Morgan fingerprint density at radius 3 is 2.33 bits per heavy atom. The molecule has 0 spiro atoms. The monoisotopic (exact) mass is 366 g/mol. The Kier molecular flexibility index (Phi) is 5.76. The summed E-state index contributed by atoms with van der Waals surface area (Å²) in [5, 5.41) is 15.0. The minimum absolute atomic E-state index is 0.216. The second kappa shape index (κ2) is 8.22. The van der Waals surface area contributed by atoms with E-state index >= 15 is 0 Å². The fraction of sp³-hybridized carbons (Fsp3) is 0.350. The number of carbonyl (C=O) groups excluding carboxylic acids is 1. The third-order valence-electron chi connectivity index (χ3n) is 4.87. The summed E-state index contributed by atoms with van der Waals surface area (Å²) in [5.74, 6) is -0.695. The number of esters is 1. The third-order valence-corrected chi connectivity index (χ3v) is 4.87. The molecule has 140 valence electrons. The Balaban J connectivity index is 1.92. The van der Waals surface area contributed by atoms with E-state index in [9.17, 15) is 9.90 Å². The van der Waals surface area contributed by atoms with Crippen molar-refractivity contribution in [3.05, 3.63) is 76.2 Å². The molecule has 0 amide bonds. The number of rotatable bonds is 5. The fourth-order valence-electron chi connectivity index (χ4n) is 3.24. The molecule has 2 aromatic carbocycles. The van der Waals surface area contributed by atoms with Gasteiger partial charge in [0.15, 0.2) is 0 Å². The summed E-state index contributed by atoms with van der Waals surface area (Å²) in [6.07, 6.45) is 1.26. The van der Waals surface area contributed by atoms with Gasteiger partial charge in [0, 0.05) is 23.7 Å². The van der Waals surface area contributed by atoms with E-state index in [2.05, 4.69) is 14.9 Å². The Morgan fingerprint density at radius 2 is 1.74 bits per heavy atom. The number of azide groups is 1. The first-order valence-electron chi connectivity index (χ1n) is 8.87. The summed E-state index contributed by atoms with van der Waals surface area (Å²) < 4.78 is 5.69. The van der Waals surface area contributed by atoms with Gasteiger partial charge in [-0.05, 0) is 36.5 Å². The van der Waals surface area contributed by atoms with Crippen molar-refractivity contribution in [2.45, 2.75) is 24.5 Å². The molecule has 3 rings (SSSR count). The maximum Gasteiger partial charge on any atom is 0.347 e. The van der Waals surface area contributed by atoms with Gasteiger partial charge in [-0.3, -0.25) is 0 Å². The van der Waals surface area contributed by atoms with Crippen molar-refractivity contribution in [3.8, 4) is 0 Å². The van der Waals surface area contributed by atoms with Crippen LogP contribution in [0.1, 0.15) is 24.0 Å². The van der Waals surface area contributed by atoms with Crippen LogP contribution in [-0.2, 0) is 15.1 Å². The zero-order valence-electron chi connectivity index (χ0n) is 15.2. The van der Waals surface area contributed by atoms with Crippen LogP contribution in [0.5, 0.6) is 0 Å². The zero-order valence-corrected chi connectivity index (χ0v) is 15.2. The van der Waals surface area contributed by atoms with Crippen LogP contribution in [0.3, 0.4) is 0 Å². The van der Waals surface area contributed by atoms with Crippen molar-refractivity contribution in [1.82, 2.24) is 4.90 Å². The zero-order chi connectivity index (χ0) is 19.3. The van der Waals surface area contributed by atoms with Crippen LogP contribution >= 0.6 is 0 Å². The van der Waals surface area contributed by atoms with Crippen LogP contribution in [-0.4, -0.2) is 42.2 Å². The highest BCUT2D eigenvalue weighted by molar-refractivity contribution is 5.85. The van der Waals surface area contributed by atoms with Crippen molar-refractivity contribution in [1.29, 1.82) is 0 Å². The van der Waals surface area contributed by atoms with Crippen LogP contribution in [0.2, 0.25) is 0 Å². The average Bonchev–Trinajstić information content (AvgIpc) is 2.70. The first-order valence-corrected chi connectivity index (χ1v) is 8.87. The van der Waals surface area contributed by atoms with Crippen molar-refractivity contribution in [2.75, 3.05) is 20.1 Å². The van der Waals surface area contributed by atoms with Crippen molar-refractivity contribution in [3.63, 3.8) is 0 Å². The maximum atomic E-state index is 13.1. The molecule has 1 N–H and O–H groups in total. The first kappa shape index (κ1) is 18.9. The lowest BCUT2D eigenvalue weighted by molar-refractivity contribution is -0.169. The Hall–Kier alpha value is -2.86. The van der Waals surface area contributed by atoms with E-state index < -0.39 is 11.6 Å². The smallest absolute Gasteiger partial charge is 0.347 e. The van der Waals surface area contributed by atoms with Crippen molar-refractivity contribution >= 4 is 11.7 Å². The maximum absolute atomic E-state index is 13.1. The van der Waals surface area contributed by atoms with Gasteiger partial charge in [0.1, 0.15) is 6.10 Å². The molecule has 1 aliphatic heterocycles. The van der Waals surface area contributed by atoms with Crippen LogP contribution in [0.15, 0.2) is 59.7 Å². The van der Waals surface area contributed by atoms with Crippen LogP contribution in [0, 0.1) is 0 Å². The Morgan fingerprint density at radius 1 is 1.15 bits per heavy atom. The number of benzene rings is 2. The second-order valence-corrected chi connectivity index (χ2v) is 6.72. The first-order chi connectivity index (χ1) is 13.0. The molecule has 27 heavy (non-hydrogen) atoms. The van der Waals surface area contributed by atoms with Crippen LogP contribution < -0.4 is 0 Å². The molecule has 0 bridgehead atoms. The predicted octanol–water partition coefficient (Wildman–Crippen LogP) is 3.50. The largest absolute Gasteiger partial charge is 0.460 e. The molecule has 0 aromatic heterocycles. The predicted molar refractivity (Wildman–Crippen MR) is 101 cm³/mol. The minimum Gasteiger partial charge on any atom is -0.460 e. The summed E-state index contributed by atoms with van der Waals surface area (Å²) >= 11 is 0. The number of ether oxygens (including phenoxy) is 1. The number of hydrogen-bond acceptors (Lipinski definition) is 5. The van der Waals surface area contributed by atoms with E-state index in [0.29, 0.717) is 16.8 Å². The summed E-state index contributed by atoms with van der Waals surface area (Å²) in [6.45, 7) is 1.70. The molecule has 1 unspecified atom stereocenters. The molecule has 7 nitrogen and oxygen atoms in total. The molecule has 1 fully saturated rings. The standard InChI is InChI=1S/C20H22N4O3/c1-24-13-11-18(12-14-24)27-19(25)20(26,15-5-3-2-4-6-15)16-7-9-17(10-8-16)22-23-21/h2-10,18,26H,11-14H2,1H3. The molecule has 0 saturated carbocycles. The molecular formula is C20H22N4O3. The van der Waals surface area contributed by atoms with E-state index in [4.69, 9.17) is 10.3 Å². The molecular weight excluding hydrogens is 344 g/mol. The Labute approximate surface area is 157 Å². The molecule has 0 aliphatic carbocycles. The quantitative estimate of drug-likeness (QED) is 0.379. The van der Waals surface area contributed by atoms with E-state index in [0.717, 1.165) is 25.9 Å². The van der Waals surface area contributed by atoms with Gasteiger partial charge >= 0.3 is 5.97 Å². The number of hydrogen-bond donors (Lipinski definition) is 1. The third kappa shape index (κ3) is 4.11. The van der Waals surface area contributed by atoms with Gasteiger partial charge in [-0.2, -0.15) is 0 Å². The molecule has 7 heteroatoms. The van der Waals surface area contributed by atoms with Gasteiger partial charge in [-0.15, -0.1) is 0 Å². The SMILES string of the molecule is CN1CCC(OC(=O)C(O)(c2ccccc2)c2ccc(N=[N+]=[N-])cc2)CC1. The molecule has 1 heterocycles. The summed E-state index contributed by atoms with van der Waals surface area (Å²) in [4.78, 5) is 18.0. The van der Waals surface area contributed by atoms with Crippen molar-refractivity contribution in [2.24, 2.45) is 5.11 Å².